The third-order valence-electron chi connectivity index (χ3n) is 3.43. The summed E-state index contributed by atoms with van der Waals surface area (Å²) in [5, 5.41) is 0.473. The van der Waals surface area contributed by atoms with Crippen LogP contribution >= 0.6 is 23.4 Å². The SMILES string of the molecule is O=S(=O)(NC1CCSc2ccc(F)cc21)c1ccc(Cl)cc1. The number of halogens is 2. The van der Waals surface area contributed by atoms with Gasteiger partial charge in [0, 0.05) is 16.0 Å². The average molecular weight is 358 g/mol. The highest BCUT2D eigenvalue weighted by molar-refractivity contribution is 7.99. The predicted octanol–water partition coefficient (Wildman–Crippen LogP) is 3.99. The number of hydrogen-bond donors (Lipinski definition) is 1. The van der Waals surface area contributed by atoms with Crippen molar-refractivity contribution in [2.45, 2.75) is 22.3 Å². The molecule has 2 aromatic rings. The fourth-order valence-electron chi connectivity index (χ4n) is 2.36. The standard InChI is InChI=1S/C15H13ClFNO2S2/c16-10-1-4-12(5-2-10)22(19,20)18-14-7-8-21-15-6-3-11(17)9-13(14)15/h1-6,9,14,18H,7-8H2. The topological polar surface area (TPSA) is 46.2 Å². The van der Waals surface area contributed by atoms with Crippen LogP contribution in [0.1, 0.15) is 18.0 Å². The van der Waals surface area contributed by atoms with Crippen LogP contribution in [-0.4, -0.2) is 14.2 Å². The Kier molecular flexibility index (Phi) is 4.45. The smallest absolute Gasteiger partial charge is 0.207 e. The molecule has 116 valence electrons. The van der Waals surface area contributed by atoms with Crippen LogP contribution in [0, 0.1) is 5.82 Å². The largest absolute Gasteiger partial charge is 0.241 e. The lowest BCUT2D eigenvalue weighted by Gasteiger charge is -2.25. The number of nitrogens with one attached hydrogen (secondary N) is 1. The summed E-state index contributed by atoms with van der Waals surface area (Å²) in [5.74, 6) is 0.420. The van der Waals surface area contributed by atoms with E-state index in [1.165, 1.54) is 36.4 Å². The van der Waals surface area contributed by atoms with Gasteiger partial charge in [-0.15, -0.1) is 11.8 Å². The summed E-state index contributed by atoms with van der Waals surface area (Å²) in [7, 11) is -3.67. The van der Waals surface area contributed by atoms with Crippen LogP contribution in [0.3, 0.4) is 0 Å². The molecule has 3 rings (SSSR count). The molecule has 0 aromatic heterocycles. The van der Waals surface area contributed by atoms with Gasteiger partial charge in [0.05, 0.1) is 4.90 Å². The highest BCUT2D eigenvalue weighted by Crippen LogP contribution is 2.37. The monoisotopic (exact) mass is 357 g/mol. The van der Waals surface area contributed by atoms with E-state index in [1.807, 2.05) is 0 Å². The molecule has 1 aliphatic rings. The summed E-state index contributed by atoms with van der Waals surface area (Å²) >= 11 is 7.38. The first kappa shape index (κ1) is 15.8. The Labute approximate surface area is 137 Å². The number of rotatable bonds is 3. The third kappa shape index (κ3) is 3.30. The van der Waals surface area contributed by atoms with E-state index in [1.54, 1.807) is 17.8 Å². The molecule has 0 amide bonds. The molecule has 0 aliphatic carbocycles. The van der Waals surface area contributed by atoms with E-state index in [4.69, 9.17) is 11.6 Å². The second kappa shape index (κ2) is 6.20. The summed E-state index contributed by atoms with van der Waals surface area (Å²) in [4.78, 5) is 1.06. The first-order chi connectivity index (χ1) is 10.5. The van der Waals surface area contributed by atoms with E-state index in [-0.39, 0.29) is 10.7 Å². The van der Waals surface area contributed by atoms with Crippen molar-refractivity contribution < 1.29 is 12.8 Å². The summed E-state index contributed by atoms with van der Waals surface area (Å²) in [6, 6.07) is 10.0. The van der Waals surface area contributed by atoms with Gasteiger partial charge >= 0.3 is 0 Å². The van der Waals surface area contributed by atoms with Crippen molar-refractivity contribution in [2.75, 3.05) is 5.75 Å². The van der Waals surface area contributed by atoms with Crippen molar-refractivity contribution in [3.8, 4) is 0 Å². The van der Waals surface area contributed by atoms with Crippen molar-refractivity contribution >= 4 is 33.4 Å². The average Bonchev–Trinajstić information content (AvgIpc) is 2.48. The van der Waals surface area contributed by atoms with Crippen molar-refractivity contribution in [3.05, 3.63) is 58.9 Å². The van der Waals surface area contributed by atoms with E-state index in [9.17, 15) is 12.8 Å². The van der Waals surface area contributed by atoms with Gasteiger partial charge in [-0.25, -0.2) is 17.5 Å². The molecule has 7 heteroatoms. The summed E-state index contributed by atoms with van der Waals surface area (Å²) in [6.07, 6.45) is 0.619. The van der Waals surface area contributed by atoms with Gasteiger partial charge in [0.1, 0.15) is 5.82 Å². The van der Waals surface area contributed by atoms with E-state index in [2.05, 4.69) is 4.72 Å². The van der Waals surface area contributed by atoms with Crippen molar-refractivity contribution in [1.82, 2.24) is 4.72 Å². The quantitative estimate of drug-likeness (QED) is 0.903. The normalized spacial score (nSPS) is 18.0. The Bertz CT molecular complexity index is 794. The molecule has 1 atom stereocenters. The van der Waals surface area contributed by atoms with Gasteiger partial charge in [0.25, 0.3) is 0 Å². The zero-order chi connectivity index (χ0) is 15.7. The van der Waals surface area contributed by atoms with Crippen molar-refractivity contribution in [2.24, 2.45) is 0 Å². The Morgan fingerprint density at radius 3 is 2.64 bits per heavy atom. The zero-order valence-electron chi connectivity index (χ0n) is 11.4. The lowest BCUT2D eigenvalue weighted by molar-refractivity contribution is 0.541. The summed E-state index contributed by atoms with van der Waals surface area (Å²) in [5.41, 5.74) is 0.689. The first-order valence-corrected chi connectivity index (χ1v) is 9.50. The molecular formula is C15H13ClFNO2S2. The van der Waals surface area contributed by atoms with E-state index in [0.717, 1.165) is 10.6 Å². The van der Waals surface area contributed by atoms with Gasteiger partial charge in [0.15, 0.2) is 0 Å². The van der Waals surface area contributed by atoms with Gasteiger partial charge in [-0.2, -0.15) is 0 Å². The molecule has 1 unspecified atom stereocenters. The van der Waals surface area contributed by atoms with Crippen LogP contribution < -0.4 is 4.72 Å². The van der Waals surface area contributed by atoms with Gasteiger partial charge in [0.2, 0.25) is 10.0 Å². The first-order valence-electron chi connectivity index (χ1n) is 6.66. The van der Waals surface area contributed by atoms with E-state index in [0.29, 0.717) is 17.0 Å². The molecule has 1 aliphatic heterocycles. The number of thioether (sulfide) groups is 1. The van der Waals surface area contributed by atoms with Crippen molar-refractivity contribution in [3.63, 3.8) is 0 Å². The fourth-order valence-corrected chi connectivity index (χ4v) is 4.84. The van der Waals surface area contributed by atoms with Crippen LogP contribution in [0.4, 0.5) is 4.39 Å². The zero-order valence-corrected chi connectivity index (χ0v) is 13.8. The summed E-state index contributed by atoms with van der Waals surface area (Å²) < 4.78 is 41.0. The van der Waals surface area contributed by atoms with E-state index >= 15 is 0 Å². The Morgan fingerprint density at radius 2 is 1.91 bits per heavy atom. The van der Waals surface area contributed by atoms with Crippen LogP contribution in [0.15, 0.2) is 52.3 Å². The van der Waals surface area contributed by atoms with Crippen LogP contribution in [-0.2, 0) is 10.0 Å². The molecule has 3 nitrogen and oxygen atoms in total. The molecule has 0 radical (unpaired) electrons. The minimum Gasteiger partial charge on any atom is -0.207 e. The number of sulfonamides is 1. The predicted molar refractivity (Wildman–Crippen MR) is 86.3 cm³/mol. The number of fused-ring (bicyclic) bond motifs is 1. The lowest BCUT2D eigenvalue weighted by Crippen LogP contribution is -2.30. The Balaban J connectivity index is 1.91. The maximum Gasteiger partial charge on any atom is 0.241 e. The molecule has 0 spiro atoms. The molecule has 22 heavy (non-hydrogen) atoms. The van der Waals surface area contributed by atoms with Crippen molar-refractivity contribution in [1.29, 1.82) is 0 Å². The second-order valence-corrected chi connectivity index (χ2v) is 8.23. The number of hydrogen-bond acceptors (Lipinski definition) is 3. The Morgan fingerprint density at radius 1 is 1.18 bits per heavy atom. The van der Waals surface area contributed by atoms with E-state index < -0.39 is 16.1 Å². The number of benzene rings is 2. The Hall–Kier alpha value is -1.08. The van der Waals surface area contributed by atoms with Crippen LogP contribution in [0.2, 0.25) is 5.02 Å². The van der Waals surface area contributed by atoms with Gasteiger partial charge in [-0.3, -0.25) is 0 Å². The maximum atomic E-state index is 13.5. The van der Waals surface area contributed by atoms with Gasteiger partial charge in [-0.05, 0) is 60.2 Å². The minimum absolute atomic E-state index is 0.146. The second-order valence-electron chi connectivity index (χ2n) is 4.95. The molecule has 1 heterocycles. The molecule has 0 bridgehead atoms. The minimum atomic E-state index is -3.67. The molecule has 0 fully saturated rings. The summed E-state index contributed by atoms with van der Waals surface area (Å²) in [6.45, 7) is 0. The molecule has 1 N–H and O–H groups in total. The highest BCUT2D eigenvalue weighted by Gasteiger charge is 2.26. The molecule has 0 saturated carbocycles. The van der Waals surface area contributed by atoms with Gasteiger partial charge in [-0.1, -0.05) is 11.6 Å². The molecular weight excluding hydrogens is 345 g/mol. The van der Waals surface area contributed by atoms with Crippen LogP contribution in [0.25, 0.3) is 0 Å². The fraction of sp³-hybridized carbons (Fsp3) is 0.200. The van der Waals surface area contributed by atoms with Gasteiger partial charge < -0.3 is 0 Å². The molecule has 0 saturated heterocycles. The maximum absolute atomic E-state index is 13.5. The molecule has 2 aromatic carbocycles. The lowest BCUT2D eigenvalue weighted by atomic mass is 10.0. The van der Waals surface area contributed by atoms with Crippen LogP contribution in [0.5, 0.6) is 0 Å². The highest BCUT2D eigenvalue weighted by atomic mass is 35.5. The third-order valence-corrected chi connectivity index (χ3v) is 6.29.